The van der Waals surface area contributed by atoms with Crippen LogP contribution < -0.4 is 5.32 Å². The van der Waals surface area contributed by atoms with Gasteiger partial charge in [0.1, 0.15) is 18.2 Å². The molecule has 31 heavy (non-hydrogen) atoms. The number of aromatic nitrogens is 4. The molecule has 1 N–H and O–H groups in total. The highest BCUT2D eigenvalue weighted by molar-refractivity contribution is 5.84. The first-order valence-corrected chi connectivity index (χ1v) is 9.37. The molecule has 0 atom stereocenters. The molecular formula is C22H18F3N5O. The third-order valence-corrected chi connectivity index (χ3v) is 4.68. The third kappa shape index (κ3) is 4.46. The number of fused-ring (bicyclic) bond motifs is 1. The van der Waals surface area contributed by atoms with Crippen LogP contribution in [-0.4, -0.2) is 27.0 Å². The van der Waals surface area contributed by atoms with E-state index in [2.05, 4.69) is 25.3 Å². The van der Waals surface area contributed by atoms with Gasteiger partial charge in [0.05, 0.1) is 16.8 Å². The smallest absolute Gasteiger partial charge is 0.377 e. The van der Waals surface area contributed by atoms with Gasteiger partial charge < -0.3 is 10.1 Å². The lowest BCUT2D eigenvalue weighted by Crippen LogP contribution is -2.08. The van der Waals surface area contributed by atoms with Gasteiger partial charge in [0.15, 0.2) is 5.82 Å². The molecule has 158 valence electrons. The van der Waals surface area contributed by atoms with Crippen molar-refractivity contribution < 1.29 is 17.9 Å². The molecule has 4 rings (SSSR count). The van der Waals surface area contributed by atoms with Gasteiger partial charge in [-0.2, -0.15) is 13.2 Å². The monoisotopic (exact) mass is 425 g/mol. The van der Waals surface area contributed by atoms with Crippen LogP contribution in [0.2, 0.25) is 0 Å². The summed E-state index contributed by atoms with van der Waals surface area (Å²) in [6, 6.07) is 11.9. The Balaban J connectivity index is 1.75. The maximum atomic E-state index is 12.8. The number of pyridine rings is 2. The van der Waals surface area contributed by atoms with Gasteiger partial charge in [-0.05, 0) is 31.2 Å². The summed E-state index contributed by atoms with van der Waals surface area (Å²) in [5, 5.41) is 4.00. The molecule has 3 aromatic heterocycles. The van der Waals surface area contributed by atoms with Crippen LogP contribution in [0.15, 0.2) is 54.9 Å². The molecule has 0 aliphatic heterocycles. The number of ether oxygens (including phenoxy) is 1. The fourth-order valence-electron chi connectivity index (χ4n) is 3.13. The quantitative estimate of drug-likeness (QED) is 0.468. The van der Waals surface area contributed by atoms with Crippen LogP contribution in [0.4, 0.5) is 24.8 Å². The molecule has 6 nitrogen and oxygen atoms in total. The van der Waals surface area contributed by atoms with Gasteiger partial charge in [-0.25, -0.2) is 15.0 Å². The second kappa shape index (κ2) is 8.27. The summed E-state index contributed by atoms with van der Waals surface area (Å²) >= 11 is 0. The predicted molar refractivity (Wildman–Crippen MR) is 111 cm³/mol. The summed E-state index contributed by atoms with van der Waals surface area (Å²) in [5.41, 5.74) is 2.24. The molecule has 0 aliphatic rings. The Kier molecular flexibility index (Phi) is 5.51. The second-order valence-electron chi connectivity index (χ2n) is 6.86. The van der Waals surface area contributed by atoms with Crippen molar-refractivity contribution in [3.63, 3.8) is 0 Å². The first kappa shape index (κ1) is 20.7. The van der Waals surface area contributed by atoms with Gasteiger partial charge in [0.2, 0.25) is 0 Å². The van der Waals surface area contributed by atoms with E-state index >= 15 is 0 Å². The van der Waals surface area contributed by atoms with Gasteiger partial charge in [-0.1, -0.05) is 18.2 Å². The summed E-state index contributed by atoms with van der Waals surface area (Å²) in [6.45, 7) is 2.01. The predicted octanol–water partition coefficient (Wildman–Crippen LogP) is 5.30. The normalized spacial score (nSPS) is 11.6. The lowest BCUT2D eigenvalue weighted by molar-refractivity contribution is -0.137. The minimum atomic E-state index is -4.45. The Morgan fingerprint density at radius 1 is 1.03 bits per heavy atom. The fraction of sp³-hybridized carbons (Fsp3) is 0.182. The van der Waals surface area contributed by atoms with Crippen molar-refractivity contribution in [2.24, 2.45) is 0 Å². The van der Waals surface area contributed by atoms with Crippen molar-refractivity contribution in [3.8, 4) is 11.3 Å². The SMILES string of the molecule is COCc1nc(Nc2ccc(C(F)(F)F)cn2)c(C)c(-c2ccc3cccnc3c2)n1. The number of alkyl halides is 3. The summed E-state index contributed by atoms with van der Waals surface area (Å²) in [6.07, 6.45) is -1.94. The molecule has 0 aliphatic carbocycles. The molecule has 3 heterocycles. The Morgan fingerprint density at radius 2 is 1.87 bits per heavy atom. The van der Waals surface area contributed by atoms with Crippen LogP contribution in [0.5, 0.6) is 0 Å². The van der Waals surface area contributed by atoms with Crippen LogP contribution >= 0.6 is 0 Å². The molecule has 9 heteroatoms. The van der Waals surface area contributed by atoms with Crippen LogP contribution in [0.3, 0.4) is 0 Å². The van der Waals surface area contributed by atoms with Crippen molar-refractivity contribution in [2.75, 3.05) is 12.4 Å². The number of methoxy groups -OCH3 is 1. The number of halogens is 3. The maximum absolute atomic E-state index is 12.8. The number of benzene rings is 1. The van der Waals surface area contributed by atoms with Crippen molar-refractivity contribution in [3.05, 3.63) is 71.8 Å². The van der Waals surface area contributed by atoms with E-state index in [9.17, 15) is 13.2 Å². The lowest BCUT2D eigenvalue weighted by Gasteiger charge is -2.14. The highest BCUT2D eigenvalue weighted by Gasteiger charge is 2.30. The fourth-order valence-corrected chi connectivity index (χ4v) is 3.13. The molecular weight excluding hydrogens is 407 g/mol. The summed E-state index contributed by atoms with van der Waals surface area (Å²) < 4.78 is 43.6. The van der Waals surface area contributed by atoms with E-state index in [1.54, 1.807) is 6.20 Å². The summed E-state index contributed by atoms with van der Waals surface area (Å²) in [5.74, 6) is 1.10. The zero-order chi connectivity index (χ0) is 22.0. The molecule has 1 aromatic carbocycles. The van der Waals surface area contributed by atoms with E-state index in [0.717, 1.165) is 34.3 Å². The van der Waals surface area contributed by atoms with Crippen LogP contribution in [0.1, 0.15) is 17.0 Å². The van der Waals surface area contributed by atoms with Gasteiger partial charge >= 0.3 is 6.18 Å². The van der Waals surface area contributed by atoms with Gasteiger partial charge in [-0.3, -0.25) is 4.98 Å². The first-order valence-electron chi connectivity index (χ1n) is 9.37. The Bertz CT molecular complexity index is 1230. The highest BCUT2D eigenvalue weighted by atomic mass is 19.4. The highest BCUT2D eigenvalue weighted by Crippen LogP contribution is 2.31. The minimum Gasteiger partial charge on any atom is -0.377 e. The zero-order valence-electron chi connectivity index (χ0n) is 16.7. The Labute approximate surface area is 176 Å². The van der Waals surface area contributed by atoms with E-state index in [1.165, 1.54) is 13.2 Å². The standard InChI is InChI=1S/C22H18F3N5O/c1-13-20(15-6-5-14-4-3-9-26-17(14)10-15)28-19(12-31-2)30-21(13)29-18-8-7-16(11-27-18)22(23,24)25/h3-11H,12H2,1-2H3,(H,27,28,29,30). The van der Waals surface area contributed by atoms with Crippen molar-refractivity contribution in [1.82, 2.24) is 19.9 Å². The molecule has 0 amide bonds. The Hall–Kier alpha value is -3.59. The van der Waals surface area contributed by atoms with E-state index in [0.29, 0.717) is 17.3 Å². The molecule has 4 aromatic rings. The van der Waals surface area contributed by atoms with Crippen molar-refractivity contribution in [1.29, 1.82) is 0 Å². The molecule has 0 radical (unpaired) electrons. The molecule has 0 spiro atoms. The lowest BCUT2D eigenvalue weighted by atomic mass is 10.0. The van der Waals surface area contributed by atoms with Crippen LogP contribution in [0, 0.1) is 6.92 Å². The van der Waals surface area contributed by atoms with E-state index in [4.69, 9.17) is 4.74 Å². The summed E-state index contributed by atoms with van der Waals surface area (Å²) in [7, 11) is 1.54. The van der Waals surface area contributed by atoms with Gasteiger partial charge in [0.25, 0.3) is 0 Å². The van der Waals surface area contributed by atoms with E-state index in [-0.39, 0.29) is 12.4 Å². The molecule has 0 fully saturated rings. The van der Waals surface area contributed by atoms with Crippen LogP contribution in [-0.2, 0) is 17.5 Å². The van der Waals surface area contributed by atoms with Gasteiger partial charge in [0, 0.05) is 36.0 Å². The first-order chi connectivity index (χ1) is 14.8. The van der Waals surface area contributed by atoms with E-state index in [1.807, 2.05) is 37.3 Å². The number of hydrogen-bond acceptors (Lipinski definition) is 6. The largest absolute Gasteiger partial charge is 0.417 e. The number of hydrogen-bond donors (Lipinski definition) is 1. The third-order valence-electron chi connectivity index (χ3n) is 4.68. The average Bonchev–Trinajstić information content (AvgIpc) is 2.75. The van der Waals surface area contributed by atoms with Crippen LogP contribution in [0.25, 0.3) is 22.2 Å². The molecule has 0 bridgehead atoms. The average molecular weight is 425 g/mol. The zero-order valence-corrected chi connectivity index (χ0v) is 16.7. The number of nitrogens with one attached hydrogen (secondary N) is 1. The van der Waals surface area contributed by atoms with Crippen molar-refractivity contribution >= 4 is 22.5 Å². The maximum Gasteiger partial charge on any atom is 0.417 e. The number of anilines is 2. The number of rotatable bonds is 5. The van der Waals surface area contributed by atoms with E-state index < -0.39 is 11.7 Å². The summed E-state index contributed by atoms with van der Waals surface area (Å²) in [4.78, 5) is 17.3. The molecule has 0 unspecified atom stereocenters. The second-order valence-corrected chi connectivity index (χ2v) is 6.86. The molecule has 0 saturated carbocycles. The topological polar surface area (TPSA) is 72.8 Å². The Morgan fingerprint density at radius 3 is 2.58 bits per heavy atom. The minimum absolute atomic E-state index is 0.175. The molecule has 0 saturated heterocycles. The van der Waals surface area contributed by atoms with Crippen molar-refractivity contribution in [2.45, 2.75) is 19.7 Å². The van der Waals surface area contributed by atoms with Gasteiger partial charge in [-0.15, -0.1) is 0 Å². The number of nitrogens with zero attached hydrogens (tertiary/aromatic N) is 4.